The predicted octanol–water partition coefficient (Wildman–Crippen LogP) is 2.12. The standard InChI is InChI=1S/C12H13OPSSi.H3P/c15-14(16,12-9-5-2-6-10-12)13-11-7-3-1-4-8-11;/h1-10H,16H3;1H3. The van der Waals surface area contributed by atoms with Crippen molar-refractivity contribution in [1.29, 1.82) is 0 Å². The normalized spacial score (nSPS) is 13.4. The molecule has 5 heteroatoms. The van der Waals surface area contributed by atoms with Crippen molar-refractivity contribution in [2.75, 3.05) is 0 Å². The van der Waals surface area contributed by atoms with Gasteiger partial charge in [0.15, 0.2) is 0 Å². The van der Waals surface area contributed by atoms with Crippen LogP contribution in [0.2, 0.25) is 0 Å². The first-order valence-electron chi connectivity index (χ1n) is 5.06. The second-order valence-electron chi connectivity index (χ2n) is 3.59. The molecule has 0 saturated heterocycles. The highest BCUT2D eigenvalue weighted by molar-refractivity contribution is 8.27. The molecule has 0 aliphatic rings. The van der Waals surface area contributed by atoms with Gasteiger partial charge in [0.1, 0.15) is 11.6 Å². The van der Waals surface area contributed by atoms with E-state index in [0.29, 0.717) is 0 Å². The highest BCUT2D eigenvalue weighted by Gasteiger charge is 2.14. The average Bonchev–Trinajstić information content (AvgIpc) is 2.31. The van der Waals surface area contributed by atoms with Gasteiger partial charge in [-0.05, 0) is 12.1 Å². The van der Waals surface area contributed by atoms with E-state index < -0.39 is 5.81 Å². The Labute approximate surface area is 114 Å². The van der Waals surface area contributed by atoms with Gasteiger partial charge in [0.25, 0.3) is 0 Å². The number of para-hydroxylation sites is 1. The summed E-state index contributed by atoms with van der Waals surface area (Å²) in [5.41, 5.74) is 0. The molecule has 2 aromatic rings. The second-order valence-corrected chi connectivity index (χ2v) is 13.8. The van der Waals surface area contributed by atoms with E-state index in [4.69, 9.17) is 16.3 Å². The fourth-order valence-corrected chi connectivity index (χ4v) is 4.93. The summed E-state index contributed by atoms with van der Waals surface area (Å²) in [7, 11) is 0.874. The van der Waals surface area contributed by atoms with Crippen LogP contribution in [-0.4, -0.2) is 9.91 Å². The van der Waals surface area contributed by atoms with Gasteiger partial charge in [-0.2, -0.15) is 9.90 Å². The van der Waals surface area contributed by atoms with Gasteiger partial charge in [-0.15, -0.1) is 0 Å². The summed E-state index contributed by atoms with van der Waals surface area (Å²) in [6, 6.07) is 20.0. The van der Waals surface area contributed by atoms with Crippen molar-refractivity contribution in [2.45, 2.75) is 0 Å². The van der Waals surface area contributed by atoms with Crippen LogP contribution in [0, 0.1) is 0 Å². The molecule has 2 aromatic carbocycles. The first kappa shape index (κ1) is 14.6. The van der Waals surface area contributed by atoms with Crippen LogP contribution in [0.5, 0.6) is 5.75 Å². The second kappa shape index (κ2) is 6.46. The molecule has 0 spiro atoms. The van der Waals surface area contributed by atoms with E-state index in [1.165, 1.54) is 5.30 Å². The molecule has 0 amide bonds. The topological polar surface area (TPSA) is 9.23 Å². The number of hydrogen-bond donors (Lipinski definition) is 0. The quantitative estimate of drug-likeness (QED) is 0.634. The lowest BCUT2D eigenvalue weighted by Gasteiger charge is -2.19. The van der Waals surface area contributed by atoms with Gasteiger partial charge in [0.2, 0.25) is 0 Å². The summed E-state index contributed by atoms with van der Waals surface area (Å²) in [5.74, 6) is -0.915. The molecule has 0 fully saturated rings. The van der Waals surface area contributed by atoms with Crippen LogP contribution in [0.25, 0.3) is 0 Å². The Morgan fingerprint density at radius 2 is 1.35 bits per heavy atom. The van der Waals surface area contributed by atoms with E-state index in [2.05, 4.69) is 12.1 Å². The Morgan fingerprint density at radius 3 is 1.88 bits per heavy atom. The third kappa shape index (κ3) is 4.04. The molecule has 0 aromatic heterocycles. The zero-order valence-electron chi connectivity index (χ0n) is 9.74. The van der Waals surface area contributed by atoms with Gasteiger partial charge in [-0.25, -0.2) is 0 Å². The van der Waals surface area contributed by atoms with E-state index in [9.17, 15) is 0 Å². The largest absolute Gasteiger partial charge is 0.468 e. The third-order valence-corrected chi connectivity index (χ3v) is 7.00. The minimum absolute atomic E-state index is 0. The van der Waals surface area contributed by atoms with Gasteiger partial charge in [0, 0.05) is 5.30 Å². The van der Waals surface area contributed by atoms with E-state index >= 15 is 0 Å². The number of rotatable bonds is 3. The molecular weight excluding hydrogens is 282 g/mol. The van der Waals surface area contributed by atoms with E-state index in [1.54, 1.807) is 0 Å². The predicted molar refractivity (Wildman–Crippen MR) is 88.5 cm³/mol. The third-order valence-electron chi connectivity index (χ3n) is 2.25. The maximum absolute atomic E-state index is 5.98. The van der Waals surface area contributed by atoms with Crippen LogP contribution in [0.4, 0.5) is 0 Å². The molecule has 0 aliphatic carbocycles. The summed E-state index contributed by atoms with van der Waals surface area (Å²) >= 11 is 5.64. The van der Waals surface area contributed by atoms with Gasteiger partial charge < -0.3 is 4.52 Å². The highest BCUT2D eigenvalue weighted by atomic mass is 32.5. The van der Waals surface area contributed by atoms with Crippen molar-refractivity contribution >= 4 is 42.7 Å². The van der Waals surface area contributed by atoms with Crippen molar-refractivity contribution in [3.8, 4) is 5.75 Å². The molecule has 0 N–H and O–H groups in total. The Bertz CT molecular complexity index is 504. The minimum Gasteiger partial charge on any atom is -0.468 e. The summed E-state index contributed by atoms with van der Waals surface area (Å²) < 4.78 is 5.98. The smallest absolute Gasteiger partial charge is 0.124 e. The Kier molecular flexibility index (Phi) is 5.55. The molecule has 90 valence electrons. The first-order chi connectivity index (χ1) is 7.68. The molecule has 0 heterocycles. The number of hydrogen-bond acceptors (Lipinski definition) is 2. The van der Waals surface area contributed by atoms with Crippen LogP contribution in [0.15, 0.2) is 60.7 Å². The number of benzene rings is 2. The fourth-order valence-electron chi connectivity index (χ4n) is 1.43. The molecule has 2 rings (SSSR count). The Balaban J connectivity index is 0.00000144. The van der Waals surface area contributed by atoms with Gasteiger partial charge in [0.05, 0.1) is 9.91 Å². The zero-order chi connectivity index (χ0) is 11.4. The molecular formula is C12H16OP2SSi. The van der Waals surface area contributed by atoms with Crippen molar-refractivity contribution in [3.63, 3.8) is 0 Å². The highest BCUT2D eigenvalue weighted by Crippen LogP contribution is 2.40. The Morgan fingerprint density at radius 1 is 0.882 bits per heavy atom. The van der Waals surface area contributed by atoms with Crippen LogP contribution in [0.3, 0.4) is 0 Å². The summed E-state index contributed by atoms with van der Waals surface area (Å²) in [6.07, 6.45) is 0. The van der Waals surface area contributed by atoms with Crippen LogP contribution in [-0.2, 0) is 11.8 Å². The lowest BCUT2D eigenvalue weighted by atomic mass is 10.3. The zero-order valence-corrected chi connectivity index (χ0v) is 14.9. The van der Waals surface area contributed by atoms with Gasteiger partial charge in [-0.3, -0.25) is 0 Å². The monoisotopic (exact) mass is 298 g/mol. The van der Waals surface area contributed by atoms with Crippen LogP contribution < -0.4 is 9.83 Å². The molecule has 2 unspecified atom stereocenters. The lowest BCUT2D eigenvalue weighted by Crippen LogP contribution is -2.08. The lowest BCUT2D eigenvalue weighted by molar-refractivity contribution is 0.632. The summed E-state index contributed by atoms with van der Waals surface area (Å²) in [5, 5.41) is 1.17. The fraction of sp³-hybridized carbons (Fsp3) is 0. The molecule has 0 saturated carbocycles. The molecule has 0 bridgehead atoms. The molecule has 2 atom stereocenters. The van der Waals surface area contributed by atoms with Crippen molar-refractivity contribution in [2.24, 2.45) is 0 Å². The first-order valence-corrected chi connectivity index (χ1v) is 10.9. The van der Waals surface area contributed by atoms with Gasteiger partial charge >= 0.3 is 0 Å². The van der Waals surface area contributed by atoms with Crippen LogP contribution in [0.1, 0.15) is 0 Å². The van der Waals surface area contributed by atoms with E-state index in [0.717, 1.165) is 15.7 Å². The summed E-state index contributed by atoms with van der Waals surface area (Å²) in [4.78, 5) is 0. The molecule has 17 heavy (non-hydrogen) atoms. The minimum atomic E-state index is -1.79. The van der Waals surface area contributed by atoms with Crippen molar-refractivity contribution < 1.29 is 4.52 Å². The van der Waals surface area contributed by atoms with Gasteiger partial charge in [-0.1, -0.05) is 60.3 Å². The molecule has 1 nitrogen and oxygen atoms in total. The van der Waals surface area contributed by atoms with Crippen molar-refractivity contribution in [3.05, 3.63) is 60.7 Å². The van der Waals surface area contributed by atoms with Crippen LogP contribution >= 0.6 is 15.7 Å². The summed E-state index contributed by atoms with van der Waals surface area (Å²) in [6.45, 7) is 0. The maximum Gasteiger partial charge on any atom is 0.124 e. The average molecular weight is 298 g/mol. The molecule has 0 radical (unpaired) electrons. The molecule has 0 aliphatic heterocycles. The van der Waals surface area contributed by atoms with E-state index in [1.807, 2.05) is 48.5 Å². The maximum atomic E-state index is 5.98. The Hall–Kier alpha value is -0.463. The SMILES string of the molecule is P.[SiH3]P(=S)(Oc1ccccc1)c1ccccc1. The van der Waals surface area contributed by atoms with E-state index in [-0.39, 0.29) is 9.90 Å². The van der Waals surface area contributed by atoms with Crippen molar-refractivity contribution in [1.82, 2.24) is 0 Å².